The Bertz CT molecular complexity index is 1340. The third-order valence-electron chi connectivity index (χ3n) is 7.86. The van der Waals surface area contributed by atoms with Crippen molar-refractivity contribution in [3.63, 3.8) is 0 Å². The lowest BCUT2D eigenvalue weighted by molar-refractivity contribution is -0.119. The molecule has 1 aliphatic heterocycles. The Morgan fingerprint density at radius 3 is 1.89 bits per heavy atom. The Kier molecular flexibility index (Phi) is 7.24. The third-order valence-corrected chi connectivity index (χ3v) is 9.41. The fourth-order valence-electron chi connectivity index (χ4n) is 6.15. The maximum atomic E-state index is 13.7. The molecule has 2 aromatic carbocycles. The van der Waals surface area contributed by atoms with E-state index in [0.717, 1.165) is 55.5 Å². The first-order chi connectivity index (χ1) is 17.8. The van der Waals surface area contributed by atoms with Gasteiger partial charge in [-0.2, -0.15) is 0 Å². The van der Waals surface area contributed by atoms with Gasteiger partial charge in [-0.1, -0.05) is 57.5 Å². The van der Waals surface area contributed by atoms with Crippen molar-refractivity contribution in [3.05, 3.63) is 84.0 Å². The maximum Gasteiger partial charge on any atom is 0.162 e. The quantitative estimate of drug-likeness (QED) is 0.329. The van der Waals surface area contributed by atoms with Crippen LogP contribution in [0.4, 0.5) is 0 Å². The van der Waals surface area contributed by atoms with Crippen LogP contribution in [0.1, 0.15) is 70.4 Å². The number of benzene rings is 2. The highest BCUT2D eigenvalue weighted by molar-refractivity contribution is 9.11. The molecule has 38 heavy (non-hydrogen) atoms. The van der Waals surface area contributed by atoms with Crippen molar-refractivity contribution in [3.8, 4) is 5.75 Å². The van der Waals surface area contributed by atoms with Gasteiger partial charge < -0.3 is 9.64 Å². The SMILES string of the molecule is CN1C2=C(C(=O)CC(C)(C)C2)C(c2cc(Br)c(OCc3ccccc3Cl)c(Br)c2)C2=C1CC(C)(C)CC2=O. The number of rotatable bonds is 4. The highest BCUT2D eigenvalue weighted by atomic mass is 79.9. The van der Waals surface area contributed by atoms with E-state index in [1.165, 1.54) is 0 Å². The lowest BCUT2D eigenvalue weighted by Crippen LogP contribution is -2.43. The summed E-state index contributed by atoms with van der Waals surface area (Å²) >= 11 is 13.7. The van der Waals surface area contributed by atoms with Crippen LogP contribution in [0, 0.1) is 10.8 Å². The summed E-state index contributed by atoms with van der Waals surface area (Å²) in [6.45, 7) is 8.91. The van der Waals surface area contributed by atoms with Gasteiger partial charge in [0.15, 0.2) is 11.6 Å². The number of halogens is 3. The second kappa shape index (κ2) is 9.94. The molecule has 5 rings (SSSR count). The first-order valence-corrected chi connectivity index (χ1v) is 14.9. The Morgan fingerprint density at radius 1 is 0.895 bits per heavy atom. The van der Waals surface area contributed by atoms with Crippen LogP contribution in [-0.2, 0) is 16.2 Å². The van der Waals surface area contributed by atoms with Crippen molar-refractivity contribution in [2.45, 2.75) is 65.9 Å². The van der Waals surface area contributed by atoms with E-state index in [4.69, 9.17) is 16.3 Å². The molecule has 0 saturated heterocycles. The van der Waals surface area contributed by atoms with Crippen LogP contribution in [0.15, 0.2) is 67.9 Å². The molecule has 0 amide bonds. The van der Waals surface area contributed by atoms with E-state index in [1.54, 1.807) is 0 Å². The second-order valence-electron chi connectivity index (χ2n) is 12.3. The molecule has 0 aromatic heterocycles. The normalized spacial score (nSPS) is 21.0. The molecule has 0 saturated carbocycles. The van der Waals surface area contributed by atoms with E-state index in [0.29, 0.717) is 30.2 Å². The average molecular weight is 662 g/mol. The Balaban J connectivity index is 1.61. The van der Waals surface area contributed by atoms with E-state index < -0.39 is 5.92 Å². The van der Waals surface area contributed by atoms with Crippen molar-refractivity contribution in [1.82, 2.24) is 4.90 Å². The molecule has 0 fully saturated rings. The summed E-state index contributed by atoms with van der Waals surface area (Å²) in [6.07, 6.45) is 2.54. The third kappa shape index (κ3) is 5.04. The van der Waals surface area contributed by atoms with Gasteiger partial charge in [-0.05, 0) is 79.3 Å². The van der Waals surface area contributed by atoms with Gasteiger partial charge in [0.2, 0.25) is 0 Å². The van der Waals surface area contributed by atoms with E-state index in [1.807, 2.05) is 43.4 Å². The number of ether oxygens (including phenoxy) is 1. The molecule has 0 atom stereocenters. The van der Waals surface area contributed by atoms with Crippen LogP contribution in [0.25, 0.3) is 0 Å². The molecule has 2 aromatic rings. The van der Waals surface area contributed by atoms with E-state index >= 15 is 0 Å². The van der Waals surface area contributed by atoms with Gasteiger partial charge in [0.05, 0.1) is 8.95 Å². The van der Waals surface area contributed by atoms with E-state index in [9.17, 15) is 9.59 Å². The molecule has 2 aliphatic carbocycles. The minimum atomic E-state index is -0.395. The van der Waals surface area contributed by atoms with Gasteiger partial charge in [-0.15, -0.1) is 0 Å². The number of Topliss-reactive ketones (excluding diaryl/α,β-unsaturated/α-hetero) is 2. The standard InChI is InChI=1S/C31H32Br2ClNO3/c1-30(2)12-22-27(24(36)14-30)26(28-23(35(22)5)13-31(3,4)15-25(28)37)18-10-19(32)29(20(33)11-18)38-16-17-8-6-7-9-21(17)34/h6-11,26H,12-16H2,1-5H3. The van der Waals surface area contributed by atoms with Gasteiger partial charge in [0, 0.05) is 58.9 Å². The molecule has 3 aliphatic rings. The van der Waals surface area contributed by atoms with Gasteiger partial charge in [0.25, 0.3) is 0 Å². The fourth-order valence-corrected chi connectivity index (χ4v) is 7.79. The lowest BCUT2D eigenvalue weighted by atomic mass is 9.64. The predicted octanol–water partition coefficient (Wildman–Crippen LogP) is 8.76. The zero-order valence-electron chi connectivity index (χ0n) is 22.4. The molecular formula is C31H32Br2ClNO3. The van der Waals surface area contributed by atoms with E-state index in [2.05, 4.69) is 64.5 Å². The minimum Gasteiger partial charge on any atom is -0.486 e. The van der Waals surface area contributed by atoms with Crippen LogP contribution in [-0.4, -0.2) is 23.5 Å². The van der Waals surface area contributed by atoms with Crippen molar-refractivity contribution in [1.29, 1.82) is 0 Å². The van der Waals surface area contributed by atoms with Crippen LogP contribution < -0.4 is 4.74 Å². The first-order valence-electron chi connectivity index (χ1n) is 12.9. The highest BCUT2D eigenvalue weighted by Gasteiger charge is 2.48. The molecule has 4 nitrogen and oxygen atoms in total. The molecular weight excluding hydrogens is 630 g/mol. The summed E-state index contributed by atoms with van der Waals surface area (Å²) in [5, 5.41) is 0.652. The largest absolute Gasteiger partial charge is 0.486 e. The molecule has 0 unspecified atom stereocenters. The first kappa shape index (κ1) is 27.7. The molecule has 0 radical (unpaired) electrons. The van der Waals surface area contributed by atoms with Crippen molar-refractivity contribution in [2.24, 2.45) is 10.8 Å². The number of nitrogens with zero attached hydrogens (tertiary/aromatic N) is 1. The number of carbonyl (C=O) groups is 2. The van der Waals surface area contributed by atoms with Gasteiger partial charge in [0.1, 0.15) is 12.4 Å². The highest BCUT2D eigenvalue weighted by Crippen LogP contribution is 2.54. The summed E-state index contributed by atoms with van der Waals surface area (Å²) in [6, 6.07) is 11.6. The molecule has 7 heteroatoms. The van der Waals surface area contributed by atoms with Crippen molar-refractivity contribution in [2.75, 3.05) is 7.05 Å². The van der Waals surface area contributed by atoms with Crippen LogP contribution in [0.5, 0.6) is 5.75 Å². The summed E-state index contributed by atoms with van der Waals surface area (Å²) in [5.74, 6) is 0.512. The Hall–Kier alpha value is -1.89. The summed E-state index contributed by atoms with van der Waals surface area (Å²) in [5.41, 5.74) is 5.17. The number of allylic oxidation sites excluding steroid dienone is 4. The summed E-state index contributed by atoms with van der Waals surface area (Å²) < 4.78 is 7.67. The van der Waals surface area contributed by atoms with Crippen LogP contribution >= 0.6 is 43.5 Å². The summed E-state index contributed by atoms with van der Waals surface area (Å²) in [4.78, 5) is 29.6. The van der Waals surface area contributed by atoms with E-state index in [-0.39, 0.29) is 22.4 Å². The Labute approximate surface area is 246 Å². The topological polar surface area (TPSA) is 46.6 Å². The van der Waals surface area contributed by atoms with Gasteiger partial charge in [-0.3, -0.25) is 9.59 Å². The lowest BCUT2D eigenvalue weighted by Gasteiger charge is -2.48. The number of carbonyl (C=O) groups excluding carboxylic acids is 2. The van der Waals surface area contributed by atoms with Gasteiger partial charge in [-0.25, -0.2) is 0 Å². The molecule has 200 valence electrons. The van der Waals surface area contributed by atoms with Gasteiger partial charge >= 0.3 is 0 Å². The minimum absolute atomic E-state index is 0.126. The molecule has 0 N–H and O–H groups in total. The fraction of sp³-hybridized carbons (Fsp3) is 0.419. The van der Waals surface area contributed by atoms with Crippen molar-refractivity contribution >= 4 is 55.0 Å². The maximum absolute atomic E-state index is 13.7. The van der Waals surface area contributed by atoms with Crippen LogP contribution in [0.3, 0.4) is 0 Å². The number of hydrogen-bond donors (Lipinski definition) is 0. The zero-order chi connectivity index (χ0) is 27.6. The Morgan fingerprint density at radius 2 is 1.39 bits per heavy atom. The number of hydrogen-bond acceptors (Lipinski definition) is 4. The molecule has 1 heterocycles. The average Bonchev–Trinajstić information content (AvgIpc) is 2.79. The summed E-state index contributed by atoms with van der Waals surface area (Å²) in [7, 11) is 2.03. The van der Waals surface area contributed by atoms with Crippen LogP contribution in [0.2, 0.25) is 5.02 Å². The monoisotopic (exact) mass is 659 g/mol. The molecule has 0 bridgehead atoms. The second-order valence-corrected chi connectivity index (χ2v) is 14.4. The smallest absolute Gasteiger partial charge is 0.162 e. The predicted molar refractivity (Wildman–Crippen MR) is 158 cm³/mol. The zero-order valence-corrected chi connectivity index (χ0v) is 26.3. The number of ketones is 2. The molecule has 0 spiro atoms. The van der Waals surface area contributed by atoms with Crippen molar-refractivity contribution < 1.29 is 14.3 Å².